The summed E-state index contributed by atoms with van der Waals surface area (Å²) in [6.45, 7) is 0. The monoisotopic (exact) mass is 302 g/mol. The molecule has 2 aliphatic heterocycles. The zero-order valence-electron chi connectivity index (χ0n) is 11.1. The van der Waals surface area contributed by atoms with Crippen LogP contribution in [0.5, 0.6) is 0 Å². The van der Waals surface area contributed by atoms with Gasteiger partial charge in [0.1, 0.15) is 17.1 Å². The number of benzene rings is 1. The van der Waals surface area contributed by atoms with E-state index in [0.29, 0.717) is 11.3 Å². The molecule has 6 heteroatoms. The molecule has 1 unspecified atom stereocenters. The standard InChI is InChI=1S/C15H14N2O3S/c16-11-13(18)17-12(15(19)20)10(8-21-14(11)17)7-6-9-4-2-1-3-5-9/h1-7,11,14H,8,16H2,(H,19,20)/t11?,14-/m0/s1. The maximum Gasteiger partial charge on any atom is 0.352 e. The minimum absolute atomic E-state index is 0.0534. The van der Waals surface area contributed by atoms with Gasteiger partial charge in [0, 0.05) is 5.75 Å². The minimum atomic E-state index is -1.09. The first-order valence-corrected chi connectivity index (χ1v) is 7.54. The lowest BCUT2D eigenvalue weighted by Gasteiger charge is -2.47. The SMILES string of the molecule is NC1C(=O)N2C(C(=O)O)=C(C=Cc3ccccc3)CS[C@@H]12. The predicted octanol–water partition coefficient (Wildman–Crippen LogP) is 1.28. The van der Waals surface area contributed by atoms with Gasteiger partial charge < -0.3 is 10.8 Å². The summed E-state index contributed by atoms with van der Waals surface area (Å²) in [5.41, 5.74) is 7.37. The van der Waals surface area contributed by atoms with E-state index in [0.717, 1.165) is 5.56 Å². The number of aliphatic carboxylic acids is 1. The van der Waals surface area contributed by atoms with Crippen LogP contribution in [0.4, 0.5) is 0 Å². The molecule has 0 radical (unpaired) electrons. The van der Waals surface area contributed by atoms with Crippen molar-refractivity contribution in [1.29, 1.82) is 0 Å². The number of hydrogen-bond donors (Lipinski definition) is 2. The summed E-state index contributed by atoms with van der Waals surface area (Å²) in [6.07, 6.45) is 3.61. The maximum absolute atomic E-state index is 11.8. The van der Waals surface area contributed by atoms with Gasteiger partial charge in [-0.3, -0.25) is 9.69 Å². The lowest BCUT2D eigenvalue weighted by Crippen LogP contribution is -2.68. The van der Waals surface area contributed by atoms with Crippen LogP contribution in [0.15, 0.2) is 47.7 Å². The van der Waals surface area contributed by atoms with Gasteiger partial charge in [-0.1, -0.05) is 42.5 Å². The molecule has 0 bridgehead atoms. The van der Waals surface area contributed by atoms with Crippen molar-refractivity contribution in [3.63, 3.8) is 0 Å². The van der Waals surface area contributed by atoms with Crippen LogP contribution in [-0.2, 0) is 9.59 Å². The molecule has 5 nitrogen and oxygen atoms in total. The van der Waals surface area contributed by atoms with Gasteiger partial charge in [0.05, 0.1) is 0 Å². The molecule has 0 saturated carbocycles. The summed E-state index contributed by atoms with van der Waals surface area (Å²) in [4.78, 5) is 24.6. The maximum atomic E-state index is 11.8. The zero-order chi connectivity index (χ0) is 15.0. The van der Waals surface area contributed by atoms with E-state index in [4.69, 9.17) is 5.73 Å². The molecule has 1 amide bonds. The van der Waals surface area contributed by atoms with Crippen molar-refractivity contribution in [3.8, 4) is 0 Å². The number of carboxylic acids is 1. The number of carboxylic acid groups (broad SMARTS) is 1. The second-order valence-electron chi connectivity index (χ2n) is 4.86. The number of rotatable bonds is 3. The largest absolute Gasteiger partial charge is 0.477 e. The highest BCUT2D eigenvalue weighted by molar-refractivity contribution is 8.00. The molecule has 108 valence electrons. The van der Waals surface area contributed by atoms with Crippen LogP contribution in [0.2, 0.25) is 0 Å². The molecule has 2 atom stereocenters. The van der Waals surface area contributed by atoms with Gasteiger partial charge in [0.2, 0.25) is 5.91 Å². The summed E-state index contributed by atoms with van der Waals surface area (Å²) in [5.74, 6) is -0.879. The fourth-order valence-corrected chi connectivity index (χ4v) is 3.69. The number of nitrogens with zero attached hydrogens (tertiary/aromatic N) is 1. The van der Waals surface area contributed by atoms with Gasteiger partial charge in [-0.2, -0.15) is 0 Å². The fourth-order valence-electron chi connectivity index (χ4n) is 2.43. The molecule has 1 aromatic carbocycles. The highest BCUT2D eigenvalue weighted by Crippen LogP contribution is 2.39. The smallest absolute Gasteiger partial charge is 0.352 e. The Kier molecular flexibility index (Phi) is 3.57. The van der Waals surface area contributed by atoms with Crippen LogP contribution < -0.4 is 5.73 Å². The predicted molar refractivity (Wildman–Crippen MR) is 81.2 cm³/mol. The lowest BCUT2D eigenvalue weighted by molar-refractivity contribution is -0.147. The minimum Gasteiger partial charge on any atom is -0.477 e. The second-order valence-corrected chi connectivity index (χ2v) is 5.96. The molecule has 1 saturated heterocycles. The van der Waals surface area contributed by atoms with Crippen LogP contribution in [0.3, 0.4) is 0 Å². The summed E-state index contributed by atoms with van der Waals surface area (Å²) in [7, 11) is 0. The highest BCUT2D eigenvalue weighted by atomic mass is 32.2. The number of carbonyl (C=O) groups is 2. The third-order valence-electron chi connectivity index (χ3n) is 3.52. The first kappa shape index (κ1) is 13.9. The summed E-state index contributed by atoms with van der Waals surface area (Å²) >= 11 is 1.50. The average Bonchev–Trinajstić information content (AvgIpc) is 2.52. The lowest BCUT2D eigenvalue weighted by atomic mass is 10.0. The van der Waals surface area contributed by atoms with Crippen LogP contribution in [-0.4, -0.2) is 39.1 Å². The Hall–Kier alpha value is -2.05. The van der Waals surface area contributed by atoms with E-state index in [2.05, 4.69) is 0 Å². The number of fused-ring (bicyclic) bond motifs is 1. The molecule has 3 rings (SSSR count). The molecule has 2 aliphatic rings. The third kappa shape index (κ3) is 2.36. The van der Waals surface area contributed by atoms with Crippen LogP contribution in [0.1, 0.15) is 5.56 Å². The van der Waals surface area contributed by atoms with E-state index in [-0.39, 0.29) is 17.0 Å². The van der Waals surface area contributed by atoms with Crippen molar-refractivity contribution in [1.82, 2.24) is 4.90 Å². The molecule has 21 heavy (non-hydrogen) atoms. The molecule has 0 aliphatic carbocycles. The normalized spacial score (nSPS) is 25.0. The molecule has 0 aromatic heterocycles. The van der Waals surface area contributed by atoms with E-state index in [1.807, 2.05) is 36.4 Å². The molecular weight excluding hydrogens is 288 g/mol. The van der Waals surface area contributed by atoms with Crippen molar-refractivity contribution in [3.05, 3.63) is 53.2 Å². The van der Waals surface area contributed by atoms with E-state index < -0.39 is 12.0 Å². The number of thioether (sulfide) groups is 1. The van der Waals surface area contributed by atoms with Crippen LogP contribution in [0, 0.1) is 0 Å². The van der Waals surface area contributed by atoms with E-state index in [1.54, 1.807) is 6.08 Å². The number of amides is 1. The molecular formula is C15H14N2O3S. The Bertz CT molecular complexity index is 654. The Morgan fingerprint density at radius 3 is 2.71 bits per heavy atom. The molecule has 1 aromatic rings. The van der Waals surface area contributed by atoms with Crippen molar-refractivity contribution < 1.29 is 14.7 Å². The Labute approximate surface area is 126 Å². The van der Waals surface area contributed by atoms with Gasteiger partial charge in [0.15, 0.2) is 0 Å². The first-order chi connectivity index (χ1) is 10.1. The number of β-lactam (4-membered cyclic amide) rings is 1. The number of nitrogens with two attached hydrogens (primary N) is 1. The first-order valence-electron chi connectivity index (χ1n) is 6.49. The average molecular weight is 302 g/mol. The highest BCUT2D eigenvalue weighted by Gasteiger charge is 2.51. The summed E-state index contributed by atoms with van der Waals surface area (Å²) in [6, 6.07) is 9.01. The summed E-state index contributed by atoms with van der Waals surface area (Å²) < 4.78 is 0. The summed E-state index contributed by atoms with van der Waals surface area (Å²) in [5, 5.41) is 9.14. The quantitative estimate of drug-likeness (QED) is 0.822. The number of hydrogen-bond acceptors (Lipinski definition) is 4. The zero-order valence-corrected chi connectivity index (χ0v) is 11.9. The van der Waals surface area contributed by atoms with E-state index in [1.165, 1.54) is 16.7 Å². The molecule has 0 spiro atoms. The van der Waals surface area contributed by atoms with E-state index in [9.17, 15) is 14.7 Å². The van der Waals surface area contributed by atoms with Crippen molar-refractivity contribution in [2.75, 3.05) is 5.75 Å². The molecule has 2 heterocycles. The number of carbonyl (C=O) groups excluding carboxylic acids is 1. The van der Waals surface area contributed by atoms with Crippen LogP contribution >= 0.6 is 11.8 Å². The Morgan fingerprint density at radius 1 is 1.33 bits per heavy atom. The van der Waals surface area contributed by atoms with Crippen molar-refractivity contribution in [2.45, 2.75) is 11.4 Å². The Balaban J connectivity index is 1.93. The van der Waals surface area contributed by atoms with Crippen molar-refractivity contribution >= 4 is 29.7 Å². The van der Waals surface area contributed by atoms with Gasteiger partial charge in [0.25, 0.3) is 0 Å². The number of allylic oxidation sites excluding steroid dienone is 1. The topological polar surface area (TPSA) is 83.6 Å². The second kappa shape index (κ2) is 5.38. The van der Waals surface area contributed by atoms with Gasteiger partial charge in [-0.15, -0.1) is 11.8 Å². The van der Waals surface area contributed by atoms with E-state index >= 15 is 0 Å². The van der Waals surface area contributed by atoms with Gasteiger partial charge >= 0.3 is 5.97 Å². The fraction of sp³-hybridized carbons (Fsp3) is 0.200. The van der Waals surface area contributed by atoms with Crippen LogP contribution in [0.25, 0.3) is 6.08 Å². The molecule has 1 fully saturated rings. The third-order valence-corrected chi connectivity index (χ3v) is 4.84. The van der Waals surface area contributed by atoms with Gasteiger partial charge in [-0.25, -0.2) is 4.79 Å². The van der Waals surface area contributed by atoms with Gasteiger partial charge in [-0.05, 0) is 11.1 Å². The van der Waals surface area contributed by atoms with Crippen molar-refractivity contribution in [2.24, 2.45) is 5.73 Å². The molecule has 3 N–H and O–H groups in total. The Morgan fingerprint density at radius 2 is 2.05 bits per heavy atom.